The Morgan fingerprint density at radius 2 is 2.05 bits per heavy atom. The molecule has 200 valence electrons. The number of aliphatic hydroxyl groups excluding tert-OH is 1. The number of hydrogen-bond acceptors (Lipinski definition) is 8. The van der Waals surface area contributed by atoms with E-state index in [4.69, 9.17) is 30.8 Å². The first kappa shape index (κ1) is 27.5. The number of benzene rings is 1. The third-order valence-corrected chi connectivity index (χ3v) is 7.65. The summed E-state index contributed by atoms with van der Waals surface area (Å²) in [5.74, 6) is 2.98. The van der Waals surface area contributed by atoms with Crippen LogP contribution in [0.25, 0.3) is 22.6 Å². The maximum Gasteiger partial charge on any atom is 0.161 e. The van der Waals surface area contributed by atoms with Crippen LogP contribution in [0.15, 0.2) is 22.7 Å². The van der Waals surface area contributed by atoms with Crippen molar-refractivity contribution in [2.75, 3.05) is 40.3 Å². The third-order valence-electron chi connectivity index (χ3n) is 7.32. The van der Waals surface area contributed by atoms with Crippen molar-refractivity contribution < 1.29 is 14.4 Å². The molecule has 8 nitrogen and oxygen atoms in total. The van der Waals surface area contributed by atoms with Gasteiger partial charge < -0.3 is 24.6 Å². The van der Waals surface area contributed by atoms with Gasteiger partial charge in [-0.25, -0.2) is 9.97 Å². The minimum absolute atomic E-state index is 0.167. The van der Waals surface area contributed by atoms with Crippen LogP contribution in [0.5, 0.6) is 5.75 Å². The number of piperidine rings is 1. The van der Waals surface area contributed by atoms with E-state index < -0.39 is 6.10 Å². The molecule has 4 rings (SSSR count). The molecular formula is C28H38ClN5O3. The number of aromatic nitrogens is 3. The van der Waals surface area contributed by atoms with Crippen molar-refractivity contribution in [1.82, 2.24) is 25.3 Å². The predicted molar refractivity (Wildman–Crippen MR) is 146 cm³/mol. The Kier molecular flexibility index (Phi) is 8.85. The quantitative estimate of drug-likeness (QED) is 0.421. The van der Waals surface area contributed by atoms with Crippen LogP contribution in [0, 0.1) is 32.6 Å². The average Bonchev–Trinajstić information content (AvgIpc) is 3.19. The van der Waals surface area contributed by atoms with E-state index in [0.29, 0.717) is 40.5 Å². The highest BCUT2D eigenvalue weighted by atomic mass is 35.5. The number of rotatable bonds is 9. The summed E-state index contributed by atoms with van der Waals surface area (Å²) in [6, 6.07) is 5.43. The zero-order valence-corrected chi connectivity index (χ0v) is 23.4. The molecule has 0 bridgehead atoms. The number of likely N-dealkylation sites (tertiary alicyclic amines) is 1. The second-order valence-electron chi connectivity index (χ2n) is 10.3. The van der Waals surface area contributed by atoms with Crippen LogP contribution < -0.4 is 10.1 Å². The minimum Gasteiger partial charge on any atom is -0.491 e. The summed E-state index contributed by atoms with van der Waals surface area (Å²) in [7, 11) is 3.98. The number of ether oxygens (including phenoxy) is 1. The number of aliphatic hydroxyl groups is 1. The number of hydrogen-bond donors (Lipinski definition) is 2. The zero-order chi connectivity index (χ0) is 26.7. The lowest BCUT2D eigenvalue weighted by Gasteiger charge is -2.35. The summed E-state index contributed by atoms with van der Waals surface area (Å²) >= 11 is 6.67. The second kappa shape index (κ2) is 11.9. The molecular weight excluding hydrogens is 490 g/mol. The van der Waals surface area contributed by atoms with Crippen LogP contribution in [0.1, 0.15) is 36.1 Å². The molecule has 2 aromatic heterocycles. The maximum absolute atomic E-state index is 10.0. The first-order valence-corrected chi connectivity index (χ1v) is 13.3. The van der Waals surface area contributed by atoms with Crippen LogP contribution in [-0.2, 0) is 6.42 Å². The lowest BCUT2D eigenvalue weighted by atomic mass is 9.82. The first-order valence-electron chi connectivity index (χ1n) is 12.9. The fourth-order valence-electron chi connectivity index (χ4n) is 5.15. The predicted octanol–water partition coefficient (Wildman–Crippen LogP) is 4.47. The van der Waals surface area contributed by atoms with E-state index in [9.17, 15) is 5.11 Å². The normalized spacial score (nSPS) is 19.2. The van der Waals surface area contributed by atoms with Gasteiger partial charge in [-0.15, -0.1) is 0 Å². The van der Waals surface area contributed by atoms with Crippen LogP contribution >= 0.6 is 11.6 Å². The van der Waals surface area contributed by atoms with E-state index in [1.165, 1.54) is 0 Å². The van der Waals surface area contributed by atoms with Gasteiger partial charge in [0.1, 0.15) is 24.2 Å². The minimum atomic E-state index is -0.617. The number of nitrogens with zero attached hydrogens (tertiary/aromatic N) is 4. The Morgan fingerprint density at radius 1 is 1.27 bits per heavy atom. The lowest BCUT2D eigenvalue weighted by Crippen LogP contribution is -2.37. The maximum atomic E-state index is 10.0. The largest absolute Gasteiger partial charge is 0.491 e. The Labute approximate surface area is 224 Å². The molecule has 9 heteroatoms. The number of aryl methyl sites for hydroxylation is 2. The van der Waals surface area contributed by atoms with E-state index in [1.807, 2.05) is 19.9 Å². The van der Waals surface area contributed by atoms with E-state index in [1.54, 1.807) is 19.2 Å². The Bertz CT molecular complexity index is 1210. The van der Waals surface area contributed by atoms with Gasteiger partial charge in [-0.2, -0.15) is 0 Å². The highest BCUT2D eigenvalue weighted by Crippen LogP contribution is 2.36. The summed E-state index contributed by atoms with van der Waals surface area (Å²) in [4.78, 5) is 12.5. The third kappa shape index (κ3) is 6.32. The fourth-order valence-corrected chi connectivity index (χ4v) is 5.36. The van der Waals surface area contributed by atoms with Crippen molar-refractivity contribution >= 4 is 11.6 Å². The Hall–Kier alpha value is -2.52. The van der Waals surface area contributed by atoms with Gasteiger partial charge >= 0.3 is 0 Å². The molecule has 3 atom stereocenters. The molecule has 1 fully saturated rings. The van der Waals surface area contributed by atoms with Crippen molar-refractivity contribution in [1.29, 1.82) is 0 Å². The van der Waals surface area contributed by atoms with Crippen LogP contribution in [0.2, 0.25) is 5.02 Å². The molecule has 2 N–H and O–H groups in total. The van der Waals surface area contributed by atoms with Crippen LogP contribution in [0.3, 0.4) is 0 Å². The molecule has 1 aliphatic rings. The highest BCUT2D eigenvalue weighted by Gasteiger charge is 2.27. The smallest absolute Gasteiger partial charge is 0.161 e. The standard InChI is InChI=1S/C28H38ClN5O3/c1-16-14-34(6)10-9-20(16)11-25-17(2)27(26-18(3)33-37-19(26)4)32-28(31-25)23-12-22(7-8-24(23)29)36-15-21(35)13-30-5/h7-8,12,16,20-21,30,35H,9-11,13-15H2,1-6H3/t16-,20-,21+/m0/s1. The van der Waals surface area contributed by atoms with Crippen molar-refractivity contribution in [3.05, 3.63) is 45.9 Å². The summed E-state index contributed by atoms with van der Waals surface area (Å²) in [6.07, 6.45) is 1.39. The molecule has 0 amide bonds. The van der Waals surface area contributed by atoms with E-state index >= 15 is 0 Å². The summed E-state index contributed by atoms with van der Waals surface area (Å²) in [6.45, 7) is 11.0. The molecule has 0 aliphatic carbocycles. The SMILES string of the molecule is CNC[C@@H](O)COc1ccc(Cl)c(-c2nc(C[C@@H]3CCN(C)C[C@@H]3C)c(C)c(-c3c(C)noc3C)n2)c1. The molecule has 3 heterocycles. The first-order chi connectivity index (χ1) is 17.7. The van der Waals surface area contributed by atoms with Gasteiger partial charge in [-0.3, -0.25) is 0 Å². The van der Waals surface area contributed by atoms with Gasteiger partial charge in [0.15, 0.2) is 5.82 Å². The monoisotopic (exact) mass is 527 g/mol. The van der Waals surface area contributed by atoms with E-state index in [0.717, 1.165) is 59.9 Å². The second-order valence-corrected chi connectivity index (χ2v) is 10.7. The number of likely N-dealkylation sites (N-methyl/N-ethyl adjacent to an activating group) is 1. The van der Waals surface area contributed by atoms with E-state index in [2.05, 4.69) is 36.3 Å². The summed E-state index contributed by atoms with van der Waals surface area (Å²) < 4.78 is 11.3. The molecule has 1 aromatic carbocycles. The molecule has 3 aromatic rings. The van der Waals surface area contributed by atoms with Crippen LogP contribution in [0.4, 0.5) is 0 Å². The number of nitrogens with one attached hydrogen (secondary N) is 1. The Morgan fingerprint density at radius 3 is 2.73 bits per heavy atom. The molecule has 0 saturated carbocycles. The molecule has 37 heavy (non-hydrogen) atoms. The molecule has 0 spiro atoms. The van der Waals surface area contributed by atoms with Gasteiger partial charge in [0.2, 0.25) is 0 Å². The van der Waals surface area contributed by atoms with Crippen molar-refractivity contribution in [2.45, 2.75) is 46.6 Å². The van der Waals surface area contributed by atoms with Gasteiger partial charge in [-0.1, -0.05) is 23.7 Å². The highest BCUT2D eigenvalue weighted by molar-refractivity contribution is 6.33. The molecule has 1 saturated heterocycles. The average molecular weight is 528 g/mol. The zero-order valence-electron chi connectivity index (χ0n) is 22.6. The molecule has 1 aliphatic heterocycles. The van der Waals surface area contributed by atoms with Crippen molar-refractivity contribution in [3.63, 3.8) is 0 Å². The van der Waals surface area contributed by atoms with Crippen LogP contribution in [-0.4, -0.2) is 71.6 Å². The molecule has 0 radical (unpaired) electrons. The van der Waals surface area contributed by atoms with Gasteiger partial charge in [-0.05, 0) is 89.9 Å². The molecule has 0 unspecified atom stereocenters. The van der Waals surface area contributed by atoms with Gasteiger partial charge in [0.25, 0.3) is 0 Å². The van der Waals surface area contributed by atoms with Gasteiger partial charge in [0, 0.05) is 24.3 Å². The number of halogens is 1. The summed E-state index contributed by atoms with van der Waals surface area (Å²) in [5.41, 5.74) is 5.27. The summed E-state index contributed by atoms with van der Waals surface area (Å²) in [5, 5.41) is 17.7. The van der Waals surface area contributed by atoms with E-state index in [-0.39, 0.29) is 6.61 Å². The lowest BCUT2D eigenvalue weighted by molar-refractivity contribution is 0.108. The van der Waals surface area contributed by atoms with Crippen molar-refractivity contribution in [3.8, 4) is 28.4 Å². The topological polar surface area (TPSA) is 96.5 Å². The Balaban J connectivity index is 1.76. The van der Waals surface area contributed by atoms with Crippen molar-refractivity contribution in [2.24, 2.45) is 11.8 Å². The van der Waals surface area contributed by atoms with Gasteiger partial charge in [0.05, 0.1) is 22.0 Å². The fraction of sp³-hybridized carbons (Fsp3) is 0.536.